The number of rotatable bonds is 6. The summed E-state index contributed by atoms with van der Waals surface area (Å²) in [6, 6.07) is 15.5. The molecule has 2 heterocycles. The number of aromatic nitrogens is 2. The molecule has 5 heteroatoms. The summed E-state index contributed by atoms with van der Waals surface area (Å²) < 4.78 is 0. The van der Waals surface area contributed by atoms with Gasteiger partial charge in [0, 0.05) is 11.5 Å². The standard InChI is InChI=1S/C25H29N3O2/c1-17(2)15-18-7-9-19(10-8-18)24(29)20-11-13-28(14-12-20)16-23-26-22-6-4-3-5-21(22)25(30)27-23/h3-10,17,20H,11-16H2,1-2H3,(H,26,27,30). The first-order valence-electron chi connectivity index (χ1n) is 10.8. The minimum absolute atomic E-state index is 0.0702. The molecule has 156 valence electrons. The number of likely N-dealkylation sites (tertiary alicyclic amines) is 1. The molecule has 0 saturated carbocycles. The lowest BCUT2D eigenvalue weighted by Crippen LogP contribution is -2.36. The lowest BCUT2D eigenvalue weighted by Gasteiger charge is -2.30. The number of fused-ring (bicyclic) bond motifs is 1. The second kappa shape index (κ2) is 8.92. The van der Waals surface area contributed by atoms with Crippen molar-refractivity contribution in [2.75, 3.05) is 13.1 Å². The highest BCUT2D eigenvalue weighted by Gasteiger charge is 2.26. The van der Waals surface area contributed by atoms with Crippen LogP contribution < -0.4 is 5.56 Å². The van der Waals surface area contributed by atoms with Crippen molar-refractivity contribution in [2.24, 2.45) is 11.8 Å². The van der Waals surface area contributed by atoms with Crippen molar-refractivity contribution in [3.63, 3.8) is 0 Å². The molecule has 0 bridgehead atoms. The van der Waals surface area contributed by atoms with Gasteiger partial charge in [-0.15, -0.1) is 0 Å². The van der Waals surface area contributed by atoms with Gasteiger partial charge in [-0.25, -0.2) is 4.98 Å². The first-order chi connectivity index (χ1) is 14.5. The number of ketones is 1. The SMILES string of the molecule is CC(C)Cc1ccc(C(=O)C2CCN(Cc3nc4ccccc4c(=O)[nH]3)CC2)cc1. The van der Waals surface area contributed by atoms with Gasteiger partial charge in [-0.3, -0.25) is 14.5 Å². The molecule has 1 saturated heterocycles. The Labute approximate surface area is 177 Å². The van der Waals surface area contributed by atoms with E-state index in [-0.39, 0.29) is 17.3 Å². The molecule has 0 spiro atoms. The van der Waals surface area contributed by atoms with Gasteiger partial charge in [0.25, 0.3) is 5.56 Å². The van der Waals surface area contributed by atoms with E-state index in [1.807, 2.05) is 30.3 Å². The van der Waals surface area contributed by atoms with Crippen LogP contribution >= 0.6 is 0 Å². The van der Waals surface area contributed by atoms with Gasteiger partial charge >= 0.3 is 0 Å². The Balaban J connectivity index is 1.36. The van der Waals surface area contributed by atoms with Gasteiger partial charge in [0.1, 0.15) is 5.82 Å². The highest BCUT2D eigenvalue weighted by atomic mass is 16.1. The van der Waals surface area contributed by atoms with Crippen LogP contribution in [0.4, 0.5) is 0 Å². The molecule has 1 aromatic heterocycles. The smallest absolute Gasteiger partial charge is 0.258 e. The Morgan fingerprint density at radius 2 is 1.80 bits per heavy atom. The molecule has 0 radical (unpaired) electrons. The zero-order valence-electron chi connectivity index (χ0n) is 17.7. The van der Waals surface area contributed by atoms with Crippen LogP contribution in [0.25, 0.3) is 10.9 Å². The third-order valence-electron chi connectivity index (χ3n) is 5.88. The average Bonchev–Trinajstić information content (AvgIpc) is 2.74. The predicted molar refractivity (Wildman–Crippen MR) is 120 cm³/mol. The number of hydrogen-bond donors (Lipinski definition) is 1. The molecule has 4 rings (SSSR count). The average molecular weight is 404 g/mol. The van der Waals surface area contributed by atoms with E-state index in [4.69, 9.17) is 0 Å². The first kappa shape index (κ1) is 20.5. The van der Waals surface area contributed by atoms with E-state index in [0.717, 1.165) is 43.4 Å². The lowest BCUT2D eigenvalue weighted by molar-refractivity contribution is 0.0833. The molecule has 1 fully saturated rings. The third-order valence-corrected chi connectivity index (χ3v) is 5.88. The molecule has 1 aliphatic heterocycles. The normalized spacial score (nSPS) is 15.7. The van der Waals surface area contributed by atoms with Gasteiger partial charge < -0.3 is 4.98 Å². The number of carbonyl (C=O) groups is 1. The zero-order chi connectivity index (χ0) is 21.1. The molecule has 30 heavy (non-hydrogen) atoms. The number of piperidine rings is 1. The van der Waals surface area contributed by atoms with E-state index in [1.54, 1.807) is 6.07 Å². The summed E-state index contributed by atoms with van der Waals surface area (Å²) in [6.45, 7) is 6.67. The molecule has 0 atom stereocenters. The molecule has 3 aromatic rings. The molecule has 5 nitrogen and oxygen atoms in total. The van der Waals surface area contributed by atoms with Crippen molar-refractivity contribution in [1.82, 2.24) is 14.9 Å². The minimum Gasteiger partial charge on any atom is -0.309 e. The Morgan fingerprint density at radius 3 is 2.50 bits per heavy atom. The van der Waals surface area contributed by atoms with Gasteiger partial charge in [-0.1, -0.05) is 50.2 Å². The number of aromatic amines is 1. The predicted octanol–water partition coefficient (Wildman–Crippen LogP) is 4.22. The van der Waals surface area contributed by atoms with Gasteiger partial charge in [0.15, 0.2) is 5.78 Å². The van der Waals surface area contributed by atoms with Crippen molar-refractivity contribution in [3.05, 3.63) is 75.8 Å². The number of hydrogen-bond acceptors (Lipinski definition) is 4. The first-order valence-corrected chi connectivity index (χ1v) is 10.8. The summed E-state index contributed by atoms with van der Waals surface area (Å²) in [5, 5.41) is 0.616. The highest BCUT2D eigenvalue weighted by Crippen LogP contribution is 2.23. The fourth-order valence-electron chi connectivity index (χ4n) is 4.29. The zero-order valence-corrected chi connectivity index (χ0v) is 17.7. The second-order valence-electron chi connectivity index (χ2n) is 8.74. The Kier molecular flexibility index (Phi) is 6.09. The summed E-state index contributed by atoms with van der Waals surface area (Å²) >= 11 is 0. The van der Waals surface area contributed by atoms with Crippen molar-refractivity contribution in [2.45, 2.75) is 39.7 Å². The van der Waals surface area contributed by atoms with E-state index in [9.17, 15) is 9.59 Å². The van der Waals surface area contributed by atoms with Crippen LogP contribution in [0.2, 0.25) is 0 Å². The molecule has 2 aromatic carbocycles. The minimum atomic E-state index is -0.0958. The number of benzene rings is 2. The second-order valence-corrected chi connectivity index (χ2v) is 8.74. The van der Waals surface area contributed by atoms with Gasteiger partial charge in [-0.2, -0.15) is 0 Å². The maximum Gasteiger partial charge on any atom is 0.258 e. The van der Waals surface area contributed by atoms with E-state index in [2.05, 4.69) is 40.8 Å². The molecule has 0 unspecified atom stereocenters. The fraction of sp³-hybridized carbons (Fsp3) is 0.400. The summed E-state index contributed by atoms with van der Waals surface area (Å²) in [5.74, 6) is 1.62. The van der Waals surface area contributed by atoms with Crippen LogP contribution in [0.1, 0.15) is 48.4 Å². The molecule has 1 N–H and O–H groups in total. The van der Waals surface area contributed by atoms with Crippen LogP contribution in [0, 0.1) is 11.8 Å². The van der Waals surface area contributed by atoms with Crippen molar-refractivity contribution in [1.29, 1.82) is 0 Å². The molecular formula is C25H29N3O2. The summed E-state index contributed by atoms with van der Waals surface area (Å²) in [6.07, 6.45) is 2.71. The number of Topliss-reactive ketones (excluding diaryl/α,β-unsaturated/α-hetero) is 1. The Morgan fingerprint density at radius 1 is 1.10 bits per heavy atom. The molecular weight excluding hydrogens is 374 g/mol. The number of para-hydroxylation sites is 1. The van der Waals surface area contributed by atoms with Crippen LogP contribution in [-0.2, 0) is 13.0 Å². The fourth-order valence-corrected chi connectivity index (χ4v) is 4.29. The number of H-pyrrole nitrogens is 1. The number of carbonyl (C=O) groups excluding carboxylic acids is 1. The van der Waals surface area contributed by atoms with Crippen molar-refractivity contribution in [3.8, 4) is 0 Å². The number of nitrogens with zero attached hydrogens (tertiary/aromatic N) is 2. The van der Waals surface area contributed by atoms with E-state index in [1.165, 1.54) is 5.56 Å². The monoisotopic (exact) mass is 403 g/mol. The van der Waals surface area contributed by atoms with Crippen molar-refractivity contribution < 1.29 is 4.79 Å². The molecule has 1 aliphatic rings. The van der Waals surface area contributed by atoms with Crippen LogP contribution in [0.5, 0.6) is 0 Å². The van der Waals surface area contributed by atoms with Crippen LogP contribution in [0.3, 0.4) is 0 Å². The topological polar surface area (TPSA) is 66.1 Å². The van der Waals surface area contributed by atoms with Gasteiger partial charge in [-0.05, 0) is 56.0 Å². The maximum atomic E-state index is 12.9. The van der Waals surface area contributed by atoms with E-state index in [0.29, 0.717) is 23.7 Å². The highest BCUT2D eigenvalue weighted by molar-refractivity contribution is 5.97. The Bertz CT molecular complexity index is 1080. The maximum absolute atomic E-state index is 12.9. The van der Waals surface area contributed by atoms with Crippen LogP contribution in [0.15, 0.2) is 53.3 Å². The van der Waals surface area contributed by atoms with E-state index >= 15 is 0 Å². The van der Waals surface area contributed by atoms with Gasteiger partial charge in [0.05, 0.1) is 17.4 Å². The third kappa shape index (κ3) is 4.68. The van der Waals surface area contributed by atoms with E-state index < -0.39 is 0 Å². The van der Waals surface area contributed by atoms with Crippen LogP contribution in [-0.4, -0.2) is 33.7 Å². The summed E-state index contributed by atoms with van der Waals surface area (Å²) in [7, 11) is 0. The number of nitrogens with one attached hydrogen (secondary N) is 1. The van der Waals surface area contributed by atoms with Gasteiger partial charge in [0.2, 0.25) is 0 Å². The lowest BCUT2D eigenvalue weighted by atomic mass is 9.88. The summed E-state index contributed by atoms with van der Waals surface area (Å²) in [4.78, 5) is 34.9. The Hall–Kier alpha value is -2.79. The molecule has 0 amide bonds. The largest absolute Gasteiger partial charge is 0.309 e. The molecule has 0 aliphatic carbocycles. The quantitative estimate of drug-likeness (QED) is 0.626. The summed E-state index contributed by atoms with van der Waals surface area (Å²) in [5.41, 5.74) is 2.73. The van der Waals surface area contributed by atoms with Crippen molar-refractivity contribution >= 4 is 16.7 Å².